The number of para-hydroxylation sites is 2. The lowest BCUT2D eigenvalue weighted by Gasteiger charge is -2.30. The minimum atomic E-state index is -0.274. The lowest BCUT2D eigenvalue weighted by atomic mass is 10.1. The highest BCUT2D eigenvalue weighted by Gasteiger charge is 2.18. The minimum absolute atomic E-state index is 0.112. The zero-order valence-electron chi connectivity index (χ0n) is 16.6. The number of piperidine rings is 1. The van der Waals surface area contributed by atoms with Crippen LogP contribution >= 0.6 is 0 Å². The van der Waals surface area contributed by atoms with Crippen molar-refractivity contribution in [3.8, 4) is 0 Å². The maximum absolute atomic E-state index is 13.6. The average molecular weight is 384 g/mol. The predicted octanol–water partition coefficient (Wildman–Crippen LogP) is 4.24. The van der Waals surface area contributed by atoms with Gasteiger partial charge in [-0.25, -0.2) is 9.18 Å². The molecule has 6 heteroatoms. The van der Waals surface area contributed by atoms with Gasteiger partial charge in [-0.1, -0.05) is 24.3 Å². The van der Waals surface area contributed by atoms with E-state index >= 15 is 0 Å². The van der Waals surface area contributed by atoms with Crippen LogP contribution in [0.4, 0.5) is 20.6 Å². The maximum atomic E-state index is 13.6. The number of rotatable bonds is 6. The van der Waals surface area contributed by atoms with Crippen LogP contribution in [0.2, 0.25) is 0 Å². The summed E-state index contributed by atoms with van der Waals surface area (Å²) in [6, 6.07) is 14.0. The lowest BCUT2D eigenvalue weighted by molar-refractivity contribution is 0.243. The molecule has 0 aromatic heterocycles. The summed E-state index contributed by atoms with van der Waals surface area (Å²) in [5.74, 6) is -0.274. The Morgan fingerprint density at radius 3 is 2.57 bits per heavy atom. The molecule has 2 aromatic carbocycles. The molecule has 28 heavy (non-hydrogen) atoms. The van der Waals surface area contributed by atoms with Gasteiger partial charge in [-0.3, -0.25) is 0 Å². The Morgan fingerprint density at radius 1 is 1.11 bits per heavy atom. The van der Waals surface area contributed by atoms with Crippen molar-refractivity contribution in [3.05, 3.63) is 59.9 Å². The molecule has 0 aliphatic carbocycles. The monoisotopic (exact) mass is 384 g/mol. The van der Waals surface area contributed by atoms with Crippen LogP contribution in [-0.2, 0) is 0 Å². The first-order valence-electron chi connectivity index (χ1n) is 9.85. The van der Waals surface area contributed by atoms with Crippen LogP contribution < -0.4 is 15.5 Å². The van der Waals surface area contributed by atoms with Gasteiger partial charge in [0.1, 0.15) is 5.82 Å². The molecule has 2 N–H and O–H groups in total. The Hall–Kier alpha value is -2.60. The van der Waals surface area contributed by atoms with Crippen LogP contribution in [0.1, 0.15) is 30.9 Å². The second kappa shape index (κ2) is 9.55. The van der Waals surface area contributed by atoms with Crippen molar-refractivity contribution in [2.75, 3.05) is 43.9 Å². The van der Waals surface area contributed by atoms with Gasteiger partial charge in [0.15, 0.2) is 0 Å². The van der Waals surface area contributed by atoms with Gasteiger partial charge in [-0.2, -0.15) is 0 Å². The van der Waals surface area contributed by atoms with Gasteiger partial charge in [0.25, 0.3) is 0 Å². The van der Waals surface area contributed by atoms with Crippen molar-refractivity contribution in [1.29, 1.82) is 0 Å². The van der Waals surface area contributed by atoms with E-state index < -0.39 is 0 Å². The van der Waals surface area contributed by atoms with Crippen molar-refractivity contribution < 1.29 is 9.18 Å². The molecule has 1 heterocycles. The summed E-state index contributed by atoms with van der Waals surface area (Å²) in [6.45, 7) is 2.42. The number of likely N-dealkylation sites (N-methyl/N-ethyl adjacent to an activating group) is 1. The van der Waals surface area contributed by atoms with Crippen LogP contribution in [0.25, 0.3) is 0 Å². The standard InChI is InChI=1S/C22H29FN4O/c1-26(2)21(17-9-8-10-18(23)15-17)16-24-22(28)25-19-11-4-5-12-20(19)27-13-6-3-7-14-27/h4-5,8-12,15,21H,3,6-7,13-14,16H2,1-2H3,(H2,24,25,28). The van der Waals surface area contributed by atoms with Crippen molar-refractivity contribution in [1.82, 2.24) is 10.2 Å². The molecule has 1 atom stereocenters. The quantitative estimate of drug-likeness (QED) is 0.783. The number of nitrogens with zero attached hydrogens (tertiary/aromatic N) is 2. The highest BCUT2D eigenvalue weighted by Crippen LogP contribution is 2.28. The minimum Gasteiger partial charge on any atom is -0.370 e. The lowest BCUT2D eigenvalue weighted by Crippen LogP contribution is -2.37. The van der Waals surface area contributed by atoms with Gasteiger partial charge in [-0.15, -0.1) is 0 Å². The van der Waals surface area contributed by atoms with E-state index in [2.05, 4.69) is 21.6 Å². The van der Waals surface area contributed by atoms with Crippen molar-refractivity contribution >= 4 is 17.4 Å². The molecule has 1 aliphatic rings. The Bertz CT molecular complexity index is 790. The van der Waals surface area contributed by atoms with E-state index in [0.29, 0.717) is 6.54 Å². The molecule has 150 valence electrons. The van der Waals surface area contributed by atoms with Crippen LogP contribution in [0.15, 0.2) is 48.5 Å². The second-order valence-corrected chi connectivity index (χ2v) is 7.43. The first-order valence-corrected chi connectivity index (χ1v) is 9.85. The number of anilines is 2. The van der Waals surface area contributed by atoms with E-state index in [1.54, 1.807) is 6.07 Å². The molecule has 1 fully saturated rings. The number of carbonyl (C=O) groups is 1. The van der Waals surface area contributed by atoms with Crippen LogP contribution in [0.5, 0.6) is 0 Å². The molecular formula is C22H29FN4O. The van der Waals surface area contributed by atoms with Gasteiger partial charge in [0.05, 0.1) is 17.4 Å². The second-order valence-electron chi connectivity index (χ2n) is 7.43. The number of amides is 2. The van der Waals surface area contributed by atoms with Crippen LogP contribution in [0.3, 0.4) is 0 Å². The topological polar surface area (TPSA) is 47.6 Å². The summed E-state index contributed by atoms with van der Waals surface area (Å²) in [4.78, 5) is 16.8. The van der Waals surface area contributed by atoms with Gasteiger partial charge in [0, 0.05) is 19.6 Å². The molecule has 1 unspecified atom stereocenters. The average Bonchev–Trinajstić information content (AvgIpc) is 2.69. The normalized spacial score (nSPS) is 15.4. The summed E-state index contributed by atoms with van der Waals surface area (Å²) in [6.07, 6.45) is 3.62. The number of hydrogen-bond acceptors (Lipinski definition) is 3. The highest BCUT2D eigenvalue weighted by atomic mass is 19.1. The Kier molecular flexibility index (Phi) is 6.87. The van der Waals surface area contributed by atoms with Crippen molar-refractivity contribution in [2.45, 2.75) is 25.3 Å². The Morgan fingerprint density at radius 2 is 1.86 bits per heavy atom. The third kappa shape index (κ3) is 5.23. The Balaban J connectivity index is 1.64. The number of halogens is 1. The highest BCUT2D eigenvalue weighted by molar-refractivity contribution is 5.93. The zero-order valence-corrected chi connectivity index (χ0v) is 16.6. The van der Waals surface area contributed by atoms with Gasteiger partial charge in [0.2, 0.25) is 0 Å². The maximum Gasteiger partial charge on any atom is 0.319 e. The number of benzene rings is 2. The number of hydrogen-bond donors (Lipinski definition) is 2. The molecule has 0 spiro atoms. The summed E-state index contributed by atoms with van der Waals surface area (Å²) < 4.78 is 13.6. The molecule has 0 radical (unpaired) electrons. The predicted molar refractivity (Wildman–Crippen MR) is 112 cm³/mol. The molecule has 1 aliphatic heterocycles. The molecule has 2 amide bonds. The fraction of sp³-hybridized carbons (Fsp3) is 0.409. The SMILES string of the molecule is CN(C)C(CNC(=O)Nc1ccccc1N1CCCCC1)c1cccc(F)c1. The van der Waals surface area contributed by atoms with E-state index in [-0.39, 0.29) is 17.9 Å². The van der Waals surface area contributed by atoms with E-state index in [0.717, 1.165) is 30.0 Å². The molecular weight excluding hydrogens is 355 g/mol. The molecule has 3 rings (SSSR count). The van der Waals surface area contributed by atoms with E-state index in [9.17, 15) is 9.18 Å². The first-order chi connectivity index (χ1) is 13.5. The molecule has 1 saturated heterocycles. The molecule has 0 saturated carbocycles. The number of nitrogens with one attached hydrogen (secondary N) is 2. The Labute approximate surface area is 166 Å². The molecule has 2 aromatic rings. The molecule has 0 bridgehead atoms. The van der Waals surface area contributed by atoms with E-state index in [4.69, 9.17) is 0 Å². The van der Waals surface area contributed by atoms with Gasteiger partial charge >= 0.3 is 6.03 Å². The summed E-state index contributed by atoms with van der Waals surface area (Å²) in [5, 5.41) is 5.91. The van der Waals surface area contributed by atoms with Crippen molar-refractivity contribution in [3.63, 3.8) is 0 Å². The fourth-order valence-corrected chi connectivity index (χ4v) is 3.66. The van der Waals surface area contributed by atoms with E-state index in [1.807, 2.05) is 43.3 Å². The third-order valence-electron chi connectivity index (χ3n) is 5.16. The molecule has 5 nitrogen and oxygen atoms in total. The summed E-state index contributed by atoms with van der Waals surface area (Å²) in [5.41, 5.74) is 2.71. The summed E-state index contributed by atoms with van der Waals surface area (Å²) in [7, 11) is 3.83. The van der Waals surface area contributed by atoms with Gasteiger partial charge in [-0.05, 0) is 63.2 Å². The largest absolute Gasteiger partial charge is 0.370 e. The van der Waals surface area contributed by atoms with E-state index in [1.165, 1.54) is 31.4 Å². The van der Waals surface area contributed by atoms with Crippen LogP contribution in [-0.4, -0.2) is 44.7 Å². The fourth-order valence-electron chi connectivity index (χ4n) is 3.66. The van der Waals surface area contributed by atoms with Crippen LogP contribution in [0, 0.1) is 5.82 Å². The smallest absolute Gasteiger partial charge is 0.319 e. The number of urea groups is 1. The van der Waals surface area contributed by atoms with Gasteiger partial charge < -0.3 is 20.4 Å². The van der Waals surface area contributed by atoms with Crippen molar-refractivity contribution in [2.24, 2.45) is 0 Å². The first kappa shape index (κ1) is 20.1. The summed E-state index contributed by atoms with van der Waals surface area (Å²) >= 11 is 0. The third-order valence-corrected chi connectivity index (χ3v) is 5.16. The number of carbonyl (C=O) groups excluding carboxylic acids is 1. The zero-order chi connectivity index (χ0) is 19.9.